The highest BCUT2D eigenvalue weighted by molar-refractivity contribution is 5.46. The second kappa shape index (κ2) is 6.68. The zero-order valence-electron chi connectivity index (χ0n) is 13.4. The van der Waals surface area contributed by atoms with Crippen molar-refractivity contribution in [3.63, 3.8) is 0 Å². The van der Waals surface area contributed by atoms with Crippen molar-refractivity contribution in [3.05, 3.63) is 46.6 Å². The van der Waals surface area contributed by atoms with Gasteiger partial charge >= 0.3 is 0 Å². The van der Waals surface area contributed by atoms with Gasteiger partial charge in [0.15, 0.2) is 0 Å². The quantitative estimate of drug-likeness (QED) is 0.910. The van der Waals surface area contributed by atoms with Gasteiger partial charge in [0, 0.05) is 18.7 Å². The number of hydrogen-bond acceptors (Lipinski definition) is 4. The number of nitrogens with one attached hydrogen (secondary N) is 1. The second-order valence-corrected chi connectivity index (χ2v) is 5.65. The summed E-state index contributed by atoms with van der Waals surface area (Å²) < 4.78 is 5.91. The first kappa shape index (κ1) is 15.4. The molecule has 1 aromatic heterocycles. The Morgan fingerprint density at radius 2 is 1.71 bits per heavy atom. The van der Waals surface area contributed by atoms with Crippen LogP contribution >= 0.6 is 0 Å². The molecule has 0 atom stereocenters. The fourth-order valence-corrected chi connectivity index (χ4v) is 1.99. The minimum Gasteiger partial charge on any atom is -0.437 e. The van der Waals surface area contributed by atoms with E-state index in [0.717, 1.165) is 22.6 Å². The van der Waals surface area contributed by atoms with Gasteiger partial charge in [0.25, 0.3) is 0 Å². The number of ether oxygens (including phenoxy) is 1. The molecule has 4 heteroatoms. The van der Waals surface area contributed by atoms with Crippen molar-refractivity contribution in [2.75, 3.05) is 0 Å². The number of aryl methyl sites for hydroxylation is 2. The minimum atomic E-state index is 0.431. The summed E-state index contributed by atoms with van der Waals surface area (Å²) in [5.74, 6) is 1.40. The van der Waals surface area contributed by atoms with Crippen molar-refractivity contribution in [2.24, 2.45) is 0 Å². The van der Waals surface area contributed by atoms with Gasteiger partial charge in [-0.1, -0.05) is 26.0 Å². The van der Waals surface area contributed by atoms with Crippen LogP contribution in [0.1, 0.15) is 36.2 Å². The predicted octanol–water partition coefficient (Wildman–Crippen LogP) is 3.69. The van der Waals surface area contributed by atoms with Gasteiger partial charge < -0.3 is 10.1 Å². The predicted molar refractivity (Wildman–Crippen MR) is 84.7 cm³/mol. The fraction of sp³-hybridized carbons (Fsp3) is 0.412. The molecule has 0 spiro atoms. The Bertz CT molecular complexity index is 606. The summed E-state index contributed by atoms with van der Waals surface area (Å²) in [6, 6.07) is 8.40. The topological polar surface area (TPSA) is 47.0 Å². The SMILES string of the molecule is Cc1ccc(C)c(Oc2ccc(CNC(C)C)nn2)c1C. The molecule has 0 bridgehead atoms. The lowest BCUT2D eigenvalue weighted by atomic mass is 10.1. The monoisotopic (exact) mass is 285 g/mol. The molecule has 0 aliphatic carbocycles. The molecule has 0 saturated carbocycles. The van der Waals surface area contributed by atoms with Crippen LogP contribution in [0.5, 0.6) is 11.6 Å². The van der Waals surface area contributed by atoms with Crippen LogP contribution in [-0.4, -0.2) is 16.2 Å². The van der Waals surface area contributed by atoms with E-state index in [1.807, 2.05) is 19.1 Å². The van der Waals surface area contributed by atoms with E-state index in [4.69, 9.17) is 4.74 Å². The van der Waals surface area contributed by atoms with E-state index in [0.29, 0.717) is 18.5 Å². The summed E-state index contributed by atoms with van der Waals surface area (Å²) >= 11 is 0. The molecule has 1 heterocycles. The number of benzene rings is 1. The first-order chi connectivity index (χ1) is 9.97. The first-order valence-corrected chi connectivity index (χ1v) is 7.28. The van der Waals surface area contributed by atoms with Gasteiger partial charge in [-0.3, -0.25) is 0 Å². The Morgan fingerprint density at radius 1 is 1.00 bits per heavy atom. The number of aromatic nitrogens is 2. The maximum absolute atomic E-state index is 5.91. The normalized spacial score (nSPS) is 11.0. The van der Waals surface area contributed by atoms with E-state index in [2.05, 4.69) is 55.3 Å². The van der Waals surface area contributed by atoms with Gasteiger partial charge in [0.1, 0.15) is 5.75 Å². The summed E-state index contributed by atoms with van der Waals surface area (Å²) in [7, 11) is 0. The molecule has 2 rings (SSSR count). The molecule has 0 aliphatic rings. The lowest BCUT2D eigenvalue weighted by molar-refractivity contribution is 0.445. The largest absolute Gasteiger partial charge is 0.437 e. The fourth-order valence-electron chi connectivity index (χ4n) is 1.99. The second-order valence-electron chi connectivity index (χ2n) is 5.65. The smallest absolute Gasteiger partial charge is 0.238 e. The molecular weight excluding hydrogens is 262 g/mol. The molecule has 1 aromatic carbocycles. The van der Waals surface area contributed by atoms with E-state index >= 15 is 0 Å². The molecule has 0 radical (unpaired) electrons. The Kier molecular flexibility index (Phi) is 4.91. The van der Waals surface area contributed by atoms with Crippen molar-refractivity contribution in [1.29, 1.82) is 0 Å². The summed E-state index contributed by atoms with van der Waals surface area (Å²) in [5.41, 5.74) is 4.36. The maximum atomic E-state index is 5.91. The summed E-state index contributed by atoms with van der Waals surface area (Å²) in [5, 5.41) is 11.7. The van der Waals surface area contributed by atoms with Crippen LogP contribution in [0, 0.1) is 20.8 Å². The molecule has 0 fully saturated rings. The molecule has 112 valence electrons. The molecule has 4 nitrogen and oxygen atoms in total. The van der Waals surface area contributed by atoms with Crippen LogP contribution in [0.2, 0.25) is 0 Å². The molecule has 0 unspecified atom stereocenters. The summed E-state index contributed by atoms with van der Waals surface area (Å²) in [6.07, 6.45) is 0. The number of rotatable bonds is 5. The molecule has 2 aromatic rings. The van der Waals surface area contributed by atoms with Crippen molar-refractivity contribution >= 4 is 0 Å². The third-order valence-electron chi connectivity index (χ3n) is 3.47. The first-order valence-electron chi connectivity index (χ1n) is 7.28. The zero-order valence-corrected chi connectivity index (χ0v) is 13.4. The summed E-state index contributed by atoms with van der Waals surface area (Å²) in [6.45, 7) is 11.1. The molecule has 21 heavy (non-hydrogen) atoms. The van der Waals surface area contributed by atoms with E-state index in [1.54, 1.807) is 0 Å². The van der Waals surface area contributed by atoms with Crippen LogP contribution in [0.3, 0.4) is 0 Å². The highest BCUT2D eigenvalue weighted by Gasteiger charge is 2.09. The lowest BCUT2D eigenvalue weighted by Crippen LogP contribution is -2.22. The minimum absolute atomic E-state index is 0.431. The third-order valence-corrected chi connectivity index (χ3v) is 3.47. The van der Waals surface area contributed by atoms with Gasteiger partial charge in [-0.25, -0.2) is 0 Å². The van der Waals surface area contributed by atoms with Gasteiger partial charge in [-0.2, -0.15) is 5.10 Å². The lowest BCUT2D eigenvalue weighted by Gasteiger charge is -2.13. The van der Waals surface area contributed by atoms with Crippen molar-refractivity contribution < 1.29 is 4.74 Å². The van der Waals surface area contributed by atoms with Gasteiger partial charge in [0.2, 0.25) is 5.88 Å². The summed E-state index contributed by atoms with van der Waals surface area (Å²) in [4.78, 5) is 0. The van der Waals surface area contributed by atoms with Gasteiger partial charge in [-0.05, 0) is 43.5 Å². The van der Waals surface area contributed by atoms with Crippen LogP contribution in [0.25, 0.3) is 0 Å². The van der Waals surface area contributed by atoms with Crippen LogP contribution in [0.4, 0.5) is 0 Å². The highest BCUT2D eigenvalue weighted by atomic mass is 16.5. The standard InChI is InChI=1S/C17H23N3O/c1-11(2)18-10-15-8-9-16(20-19-15)21-17-13(4)7-6-12(3)14(17)5/h6-9,11,18H,10H2,1-5H3. The van der Waals surface area contributed by atoms with Crippen LogP contribution in [0.15, 0.2) is 24.3 Å². The van der Waals surface area contributed by atoms with E-state index in [1.165, 1.54) is 5.56 Å². The molecule has 0 aliphatic heterocycles. The van der Waals surface area contributed by atoms with Crippen molar-refractivity contribution in [2.45, 2.75) is 47.2 Å². The van der Waals surface area contributed by atoms with Crippen molar-refractivity contribution in [1.82, 2.24) is 15.5 Å². The van der Waals surface area contributed by atoms with E-state index in [-0.39, 0.29) is 0 Å². The van der Waals surface area contributed by atoms with Crippen LogP contribution in [-0.2, 0) is 6.54 Å². The maximum Gasteiger partial charge on any atom is 0.238 e. The van der Waals surface area contributed by atoms with Crippen LogP contribution < -0.4 is 10.1 Å². The average Bonchev–Trinajstić information content (AvgIpc) is 2.47. The molecule has 1 N–H and O–H groups in total. The third kappa shape index (κ3) is 4.02. The Labute approximate surface area is 126 Å². The molecular formula is C17H23N3O. The van der Waals surface area contributed by atoms with Gasteiger partial charge in [-0.15, -0.1) is 5.10 Å². The zero-order chi connectivity index (χ0) is 15.4. The van der Waals surface area contributed by atoms with E-state index in [9.17, 15) is 0 Å². The highest BCUT2D eigenvalue weighted by Crippen LogP contribution is 2.29. The van der Waals surface area contributed by atoms with E-state index < -0.39 is 0 Å². The Morgan fingerprint density at radius 3 is 2.33 bits per heavy atom. The Hall–Kier alpha value is -1.94. The van der Waals surface area contributed by atoms with Gasteiger partial charge in [0.05, 0.1) is 5.69 Å². The number of nitrogens with zero attached hydrogens (tertiary/aromatic N) is 2. The molecule has 0 amide bonds. The molecule has 0 saturated heterocycles. The van der Waals surface area contributed by atoms with Crippen molar-refractivity contribution in [3.8, 4) is 11.6 Å². The average molecular weight is 285 g/mol. The number of hydrogen-bond donors (Lipinski definition) is 1. The Balaban J connectivity index is 2.12.